The minimum atomic E-state index is -4.77. The molecule has 0 saturated carbocycles. The summed E-state index contributed by atoms with van der Waals surface area (Å²) in [6.07, 6.45) is -2.04. The SMILES string of the molecule is Fc1ccc(-c2cc3c(cn2)ncn3-c2ccc(OC(F)F)cc2)c(C(F)(F)F)c1. The minimum absolute atomic E-state index is 0.0192. The van der Waals surface area contributed by atoms with Crippen molar-refractivity contribution in [3.63, 3.8) is 0 Å². The highest BCUT2D eigenvalue weighted by molar-refractivity contribution is 5.81. The molecule has 2 heterocycles. The Kier molecular flexibility index (Phi) is 4.84. The van der Waals surface area contributed by atoms with Crippen LogP contribution in [0.5, 0.6) is 5.75 Å². The lowest BCUT2D eigenvalue weighted by atomic mass is 10.0. The van der Waals surface area contributed by atoms with Gasteiger partial charge < -0.3 is 4.74 Å². The van der Waals surface area contributed by atoms with Gasteiger partial charge in [-0.2, -0.15) is 22.0 Å². The number of ether oxygens (including phenoxy) is 1. The predicted octanol–water partition coefficient (Wildman–Crippen LogP) is 5.85. The molecule has 2 aromatic carbocycles. The van der Waals surface area contributed by atoms with Gasteiger partial charge in [-0.15, -0.1) is 0 Å². The molecule has 0 amide bonds. The maximum Gasteiger partial charge on any atom is 0.417 e. The van der Waals surface area contributed by atoms with Gasteiger partial charge >= 0.3 is 12.8 Å². The summed E-state index contributed by atoms with van der Waals surface area (Å²) in [5.74, 6) is -1.05. The third-order valence-corrected chi connectivity index (χ3v) is 4.34. The van der Waals surface area contributed by atoms with Crippen LogP contribution in [0.25, 0.3) is 28.0 Å². The Hall–Kier alpha value is -3.56. The first kappa shape index (κ1) is 19.7. The smallest absolute Gasteiger partial charge is 0.417 e. The Labute approximate surface area is 165 Å². The number of nitrogens with zero attached hydrogens (tertiary/aromatic N) is 3. The quantitative estimate of drug-likeness (QED) is 0.387. The normalized spacial score (nSPS) is 12.0. The number of fused-ring (bicyclic) bond motifs is 1. The lowest BCUT2D eigenvalue weighted by molar-refractivity contribution is -0.137. The average Bonchev–Trinajstić information content (AvgIpc) is 3.10. The summed E-state index contributed by atoms with van der Waals surface area (Å²) in [5, 5.41) is 0. The van der Waals surface area contributed by atoms with Gasteiger partial charge in [0.05, 0.1) is 23.0 Å². The molecule has 0 N–H and O–H groups in total. The number of imidazole rings is 1. The first-order chi connectivity index (χ1) is 14.2. The fraction of sp³-hybridized carbons (Fsp3) is 0.100. The Balaban J connectivity index is 1.80. The molecule has 0 radical (unpaired) electrons. The van der Waals surface area contributed by atoms with Crippen LogP contribution >= 0.6 is 0 Å². The molecule has 0 saturated heterocycles. The van der Waals surface area contributed by atoms with E-state index in [9.17, 15) is 26.3 Å². The summed E-state index contributed by atoms with van der Waals surface area (Å²) >= 11 is 0. The molecule has 0 spiro atoms. The van der Waals surface area contributed by atoms with E-state index in [2.05, 4.69) is 14.7 Å². The molecule has 0 aliphatic carbocycles. The van der Waals surface area contributed by atoms with Crippen molar-refractivity contribution in [1.29, 1.82) is 0 Å². The molecule has 4 rings (SSSR count). The first-order valence-corrected chi connectivity index (χ1v) is 8.48. The largest absolute Gasteiger partial charge is 0.435 e. The van der Waals surface area contributed by atoms with E-state index < -0.39 is 24.2 Å². The molecule has 30 heavy (non-hydrogen) atoms. The molecule has 4 aromatic rings. The van der Waals surface area contributed by atoms with E-state index in [1.54, 1.807) is 4.57 Å². The summed E-state index contributed by atoms with van der Waals surface area (Å²) in [4.78, 5) is 8.19. The first-order valence-electron chi connectivity index (χ1n) is 8.48. The van der Waals surface area contributed by atoms with Crippen molar-refractivity contribution in [2.45, 2.75) is 12.8 Å². The molecule has 154 valence electrons. The fourth-order valence-electron chi connectivity index (χ4n) is 3.03. The number of pyridine rings is 1. The van der Waals surface area contributed by atoms with Crippen LogP contribution in [0.3, 0.4) is 0 Å². The minimum Gasteiger partial charge on any atom is -0.435 e. The second-order valence-electron chi connectivity index (χ2n) is 6.23. The van der Waals surface area contributed by atoms with E-state index in [-0.39, 0.29) is 17.0 Å². The lowest BCUT2D eigenvalue weighted by Crippen LogP contribution is -2.08. The van der Waals surface area contributed by atoms with Gasteiger partial charge in [-0.25, -0.2) is 9.37 Å². The van der Waals surface area contributed by atoms with Gasteiger partial charge in [0, 0.05) is 11.3 Å². The zero-order valence-electron chi connectivity index (χ0n) is 14.9. The zero-order chi connectivity index (χ0) is 21.5. The van der Waals surface area contributed by atoms with Crippen LogP contribution in [0.1, 0.15) is 5.56 Å². The van der Waals surface area contributed by atoms with E-state index in [1.807, 2.05) is 0 Å². The van der Waals surface area contributed by atoms with Crippen molar-refractivity contribution in [2.24, 2.45) is 0 Å². The molecule has 0 aliphatic heterocycles. The van der Waals surface area contributed by atoms with Crippen LogP contribution in [0.15, 0.2) is 61.1 Å². The van der Waals surface area contributed by atoms with Crippen LogP contribution in [-0.4, -0.2) is 21.1 Å². The number of rotatable bonds is 4. The molecule has 0 bridgehead atoms. The van der Waals surface area contributed by atoms with Gasteiger partial charge in [0.1, 0.15) is 23.4 Å². The third kappa shape index (κ3) is 3.80. The molecular weight excluding hydrogens is 412 g/mol. The number of halogens is 6. The van der Waals surface area contributed by atoms with Gasteiger partial charge in [-0.3, -0.25) is 9.55 Å². The van der Waals surface area contributed by atoms with Crippen molar-refractivity contribution in [3.8, 4) is 22.7 Å². The van der Waals surface area contributed by atoms with Gasteiger partial charge in [0.25, 0.3) is 0 Å². The van der Waals surface area contributed by atoms with Gasteiger partial charge in [-0.05, 0) is 48.5 Å². The van der Waals surface area contributed by atoms with Crippen LogP contribution in [0, 0.1) is 5.82 Å². The van der Waals surface area contributed by atoms with Crippen LogP contribution in [-0.2, 0) is 6.18 Å². The van der Waals surface area contributed by atoms with Gasteiger partial charge in [0.15, 0.2) is 0 Å². The Bertz CT molecular complexity index is 1200. The van der Waals surface area contributed by atoms with Crippen LogP contribution < -0.4 is 4.74 Å². The predicted molar refractivity (Wildman–Crippen MR) is 95.9 cm³/mol. The average molecular weight is 423 g/mol. The highest BCUT2D eigenvalue weighted by atomic mass is 19.4. The monoisotopic (exact) mass is 423 g/mol. The summed E-state index contributed by atoms with van der Waals surface area (Å²) < 4.78 is 84.0. The molecule has 2 aromatic heterocycles. The van der Waals surface area contributed by atoms with Crippen molar-refractivity contribution in [1.82, 2.24) is 14.5 Å². The molecule has 4 nitrogen and oxygen atoms in total. The van der Waals surface area contributed by atoms with Crippen molar-refractivity contribution >= 4 is 11.0 Å². The van der Waals surface area contributed by atoms with Crippen molar-refractivity contribution in [3.05, 3.63) is 72.4 Å². The Morgan fingerprint density at radius 1 is 0.933 bits per heavy atom. The fourth-order valence-corrected chi connectivity index (χ4v) is 3.03. The maximum atomic E-state index is 13.4. The van der Waals surface area contributed by atoms with Crippen LogP contribution in [0.2, 0.25) is 0 Å². The van der Waals surface area contributed by atoms with E-state index in [0.717, 1.165) is 12.1 Å². The van der Waals surface area contributed by atoms with E-state index in [0.29, 0.717) is 22.8 Å². The number of benzene rings is 2. The number of hydrogen-bond donors (Lipinski definition) is 0. The van der Waals surface area contributed by atoms with Gasteiger partial charge in [-0.1, -0.05) is 0 Å². The molecular formula is C20H11F6N3O. The standard InChI is InChI=1S/C20H11F6N3O/c21-11-1-6-14(15(7-11)20(24,25)26)16-8-18-17(9-27-16)28-10-29(18)12-2-4-13(5-3-12)30-19(22)23/h1-10,19H. The van der Waals surface area contributed by atoms with Gasteiger partial charge in [0.2, 0.25) is 0 Å². The topological polar surface area (TPSA) is 39.9 Å². The van der Waals surface area contributed by atoms with E-state index in [4.69, 9.17) is 0 Å². The highest BCUT2D eigenvalue weighted by Gasteiger charge is 2.34. The third-order valence-electron chi connectivity index (χ3n) is 4.34. The molecule has 0 fully saturated rings. The van der Waals surface area contributed by atoms with Crippen molar-refractivity contribution < 1.29 is 31.1 Å². The second-order valence-corrected chi connectivity index (χ2v) is 6.23. The summed E-state index contributed by atoms with van der Waals surface area (Å²) in [6, 6.07) is 9.41. The lowest BCUT2D eigenvalue weighted by Gasteiger charge is -2.13. The molecule has 0 unspecified atom stereocenters. The van der Waals surface area contributed by atoms with E-state index >= 15 is 0 Å². The summed E-state index contributed by atoms with van der Waals surface area (Å²) in [7, 11) is 0. The summed E-state index contributed by atoms with van der Waals surface area (Å²) in [5.41, 5.74) is -0.0869. The van der Waals surface area contributed by atoms with E-state index in [1.165, 1.54) is 42.9 Å². The second kappa shape index (κ2) is 7.36. The summed E-state index contributed by atoms with van der Waals surface area (Å²) in [6.45, 7) is -2.96. The van der Waals surface area contributed by atoms with Crippen molar-refractivity contribution in [2.75, 3.05) is 0 Å². The molecule has 0 aliphatic rings. The number of hydrogen-bond acceptors (Lipinski definition) is 3. The Morgan fingerprint density at radius 3 is 2.33 bits per heavy atom. The highest BCUT2D eigenvalue weighted by Crippen LogP contribution is 2.37. The number of aromatic nitrogens is 3. The van der Waals surface area contributed by atoms with Crippen LogP contribution in [0.4, 0.5) is 26.3 Å². The number of alkyl halides is 5. The molecule has 0 atom stereocenters. The molecule has 10 heteroatoms. The zero-order valence-corrected chi connectivity index (χ0v) is 14.9. The maximum absolute atomic E-state index is 13.4. The Morgan fingerprint density at radius 2 is 1.67 bits per heavy atom.